The molecular formula is C21H36IN3O2. The smallest absolute Gasteiger partial charge is 0.190 e. The number of ether oxygens (including phenoxy) is 2. The lowest BCUT2D eigenvalue weighted by atomic mass is 9.67. The summed E-state index contributed by atoms with van der Waals surface area (Å²) in [5, 5.41) is 6.87. The molecule has 2 rings (SSSR count). The molecule has 0 radical (unpaired) electrons. The molecular weight excluding hydrogens is 453 g/mol. The standard InChI is InChI=1S/C21H35N3O2.HI/c1-22-20(24-18-21(11-6-12-21)13-17-25-2)23-14-7-15-26-16-10-19-8-4-3-5-9-19;/h3-5,8-9H,6-7,10-18H2,1-2H3,(H2,22,23,24);1H. The number of aliphatic imine (C=N–C) groups is 1. The zero-order chi connectivity index (χ0) is 18.5. The molecule has 154 valence electrons. The van der Waals surface area contributed by atoms with E-state index in [0.717, 1.165) is 58.1 Å². The van der Waals surface area contributed by atoms with Crippen molar-refractivity contribution in [3.05, 3.63) is 35.9 Å². The van der Waals surface area contributed by atoms with Crippen molar-refractivity contribution in [1.29, 1.82) is 0 Å². The summed E-state index contributed by atoms with van der Waals surface area (Å²) in [6, 6.07) is 10.5. The number of nitrogens with zero attached hydrogens (tertiary/aromatic N) is 1. The Kier molecular flexibility index (Phi) is 12.7. The largest absolute Gasteiger partial charge is 0.385 e. The van der Waals surface area contributed by atoms with Crippen LogP contribution in [0, 0.1) is 5.41 Å². The Bertz CT molecular complexity index is 521. The van der Waals surface area contributed by atoms with Gasteiger partial charge < -0.3 is 20.1 Å². The maximum Gasteiger partial charge on any atom is 0.190 e. The lowest BCUT2D eigenvalue weighted by Gasteiger charge is -2.42. The number of rotatable bonds is 12. The molecule has 1 saturated carbocycles. The molecule has 2 N–H and O–H groups in total. The van der Waals surface area contributed by atoms with E-state index in [9.17, 15) is 0 Å². The first-order valence-corrected chi connectivity index (χ1v) is 9.83. The maximum absolute atomic E-state index is 5.72. The van der Waals surface area contributed by atoms with Gasteiger partial charge in [0, 0.05) is 40.5 Å². The summed E-state index contributed by atoms with van der Waals surface area (Å²) >= 11 is 0. The zero-order valence-corrected chi connectivity index (χ0v) is 19.2. The summed E-state index contributed by atoms with van der Waals surface area (Å²) < 4.78 is 11.0. The van der Waals surface area contributed by atoms with Gasteiger partial charge in [-0.3, -0.25) is 4.99 Å². The highest BCUT2D eigenvalue weighted by Crippen LogP contribution is 2.43. The van der Waals surface area contributed by atoms with Crippen LogP contribution >= 0.6 is 24.0 Å². The fraction of sp³-hybridized carbons (Fsp3) is 0.667. The molecule has 27 heavy (non-hydrogen) atoms. The van der Waals surface area contributed by atoms with E-state index < -0.39 is 0 Å². The van der Waals surface area contributed by atoms with Gasteiger partial charge in [0.05, 0.1) is 6.61 Å². The predicted molar refractivity (Wildman–Crippen MR) is 123 cm³/mol. The normalized spacial score (nSPS) is 15.6. The van der Waals surface area contributed by atoms with Crippen molar-refractivity contribution in [2.45, 2.75) is 38.5 Å². The van der Waals surface area contributed by atoms with E-state index in [2.05, 4.69) is 39.9 Å². The van der Waals surface area contributed by atoms with Crippen molar-refractivity contribution in [2.24, 2.45) is 10.4 Å². The quantitative estimate of drug-likeness (QED) is 0.204. The lowest BCUT2D eigenvalue weighted by Crippen LogP contribution is -2.47. The molecule has 1 fully saturated rings. The Labute approximate surface area is 181 Å². The molecule has 0 atom stereocenters. The number of guanidine groups is 1. The number of hydrogen-bond donors (Lipinski definition) is 2. The van der Waals surface area contributed by atoms with E-state index in [0.29, 0.717) is 5.41 Å². The van der Waals surface area contributed by atoms with E-state index in [1.54, 1.807) is 7.11 Å². The molecule has 0 unspecified atom stereocenters. The first kappa shape index (κ1) is 24.2. The van der Waals surface area contributed by atoms with Gasteiger partial charge in [0.25, 0.3) is 0 Å². The second-order valence-corrected chi connectivity index (χ2v) is 7.15. The SMILES string of the molecule is CN=C(NCCCOCCc1ccccc1)NCC1(CCOC)CCC1.I. The van der Waals surface area contributed by atoms with Gasteiger partial charge in [-0.15, -0.1) is 24.0 Å². The predicted octanol–water partition coefficient (Wildman–Crippen LogP) is 3.63. The number of halogens is 1. The Morgan fingerprint density at radius 3 is 2.52 bits per heavy atom. The minimum absolute atomic E-state index is 0. The van der Waals surface area contributed by atoms with E-state index in [4.69, 9.17) is 9.47 Å². The molecule has 0 aromatic heterocycles. The van der Waals surface area contributed by atoms with Crippen LogP contribution in [0.15, 0.2) is 35.3 Å². The van der Waals surface area contributed by atoms with Gasteiger partial charge >= 0.3 is 0 Å². The van der Waals surface area contributed by atoms with Crippen LogP contribution in [0.3, 0.4) is 0 Å². The van der Waals surface area contributed by atoms with Crippen LogP contribution in [0.4, 0.5) is 0 Å². The van der Waals surface area contributed by atoms with Crippen LogP contribution in [0.25, 0.3) is 0 Å². The Hall–Kier alpha value is -0.860. The zero-order valence-electron chi connectivity index (χ0n) is 16.8. The summed E-state index contributed by atoms with van der Waals surface area (Å²) in [6.45, 7) is 4.24. The third kappa shape index (κ3) is 9.25. The van der Waals surface area contributed by atoms with Gasteiger partial charge in [-0.1, -0.05) is 36.8 Å². The van der Waals surface area contributed by atoms with Crippen LogP contribution in [0.5, 0.6) is 0 Å². The molecule has 0 amide bonds. The molecule has 0 spiro atoms. The molecule has 1 aromatic rings. The minimum atomic E-state index is 0. The molecule has 1 aliphatic rings. The fourth-order valence-electron chi connectivity index (χ4n) is 3.32. The monoisotopic (exact) mass is 489 g/mol. The summed E-state index contributed by atoms with van der Waals surface area (Å²) in [5.41, 5.74) is 1.72. The molecule has 0 bridgehead atoms. The molecule has 0 heterocycles. The van der Waals surface area contributed by atoms with E-state index in [1.807, 2.05) is 13.1 Å². The molecule has 1 aliphatic carbocycles. The van der Waals surface area contributed by atoms with Crippen LogP contribution in [0.2, 0.25) is 0 Å². The summed E-state index contributed by atoms with van der Waals surface area (Å²) in [6.07, 6.45) is 6.98. The van der Waals surface area contributed by atoms with Gasteiger partial charge in [0.15, 0.2) is 5.96 Å². The molecule has 6 heteroatoms. The van der Waals surface area contributed by atoms with Crippen LogP contribution < -0.4 is 10.6 Å². The lowest BCUT2D eigenvalue weighted by molar-refractivity contribution is 0.0732. The number of benzene rings is 1. The van der Waals surface area contributed by atoms with Crippen LogP contribution in [0.1, 0.15) is 37.7 Å². The average molecular weight is 489 g/mol. The Morgan fingerprint density at radius 2 is 1.89 bits per heavy atom. The summed E-state index contributed by atoms with van der Waals surface area (Å²) in [5.74, 6) is 0.887. The van der Waals surface area contributed by atoms with E-state index >= 15 is 0 Å². The highest BCUT2D eigenvalue weighted by molar-refractivity contribution is 14.0. The van der Waals surface area contributed by atoms with Crippen LogP contribution in [-0.4, -0.2) is 53.0 Å². The van der Waals surface area contributed by atoms with Crippen molar-refractivity contribution in [1.82, 2.24) is 10.6 Å². The molecule has 0 aliphatic heterocycles. The average Bonchev–Trinajstić information content (AvgIpc) is 2.65. The van der Waals surface area contributed by atoms with Crippen molar-refractivity contribution in [3.63, 3.8) is 0 Å². The third-order valence-electron chi connectivity index (χ3n) is 5.24. The fourth-order valence-corrected chi connectivity index (χ4v) is 3.32. The number of hydrogen-bond acceptors (Lipinski definition) is 3. The van der Waals surface area contributed by atoms with Gasteiger partial charge in [-0.25, -0.2) is 0 Å². The second kappa shape index (κ2) is 14.2. The summed E-state index contributed by atoms with van der Waals surface area (Å²) in [7, 11) is 3.61. The first-order chi connectivity index (χ1) is 12.8. The summed E-state index contributed by atoms with van der Waals surface area (Å²) in [4.78, 5) is 4.33. The second-order valence-electron chi connectivity index (χ2n) is 7.15. The van der Waals surface area contributed by atoms with E-state index in [-0.39, 0.29) is 24.0 Å². The Morgan fingerprint density at radius 1 is 1.11 bits per heavy atom. The van der Waals surface area contributed by atoms with Crippen molar-refractivity contribution >= 4 is 29.9 Å². The maximum atomic E-state index is 5.72. The topological polar surface area (TPSA) is 54.9 Å². The molecule has 0 saturated heterocycles. The highest BCUT2D eigenvalue weighted by atomic mass is 127. The van der Waals surface area contributed by atoms with E-state index in [1.165, 1.54) is 24.8 Å². The van der Waals surface area contributed by atoms with Gasteiger partial charge in [0.1, 0.15) is 0 Å². The first-order valence-electron chi connectivity index (χ1n) is 9.83. The van der Waals surface area contributed by atoms with Crippen LogP contribution in [-0.2, 0) is 15.9 Å². The van der Waals surface area contributed by atoms with Gasteiger partial charge in [-0.2, -0.15) is 0 Å². The third-order valence-corrected chi connectivity index (χ3v) is 5.24. The number of methoxy groups -OCH3 is 1. The van der Waals surface area contributed by atoms with Gasteiger partial charge in [0.2, 0.25) is 0 Å². The molecule has 5 nitrogen and oxygen atoms in total. The van der Waals surface area contributed by atoms with Crippen molar-refractivity contribution in [3.8, 4) is 0 Å². The van der Waals surface area contributed by atoms with Gasteiger partial charge in [-0.05, 0) is 43.1 Å². The molecule has 1 aromatic carbocycles. The highest BCUT2D eigenvalue weighted by Gasteiger charge is 2.36. The Balaban J connectivity index is 0.00000364. The number of nitrogens with one attached hydrogen (secondary N) is 2. The minimum Gasteiger partial charge on any atom is -0.385 e. The van der Waals surface area contributed by atoms with Crippen molar-refractivity contribution in [2.75, 3.05) is 47.1 Å². The van der Waals surface area contributed by atoms with Crippen molar-refractivity contribution < 1.29 is 9.47 Å².